The first-order chi connectivity index (χ1) is 14.6. The summed E-state index contributed by atoms with van der Waals surface area (Å²) in [6.07, 6.45) is 13.1. The lowest BCUT2D eigenvalue weighted by molar-refractivity contribution is -0.114. The molecule has 30 heavy (non-hydrogen) atoms. The van der Waals surface area contributed by atoms with Crippen molar-refractivity contribution in [1.29, 1.82) is 0 Å². The Morgan fingerprint density at radius 1 is 1.17 bits per heavy atom. The molecule has 3 aliphatic rings. The van der Waals surface area contributed by atoms with Gasteiger partial charge in [0.2, 0.25) is 0 Å². The van der Waals surface area contributed by atoms with Crippen molar-refractivity contribution in [1.82, 2.24) is 9.80 Å². The third-order valence-corrected chi connectivity index (χ3v) is 5.88. The molecule has 1 aromatic carbocycles. The van der Waals surface area contributed by atoms with Crippen LogP contribution in [0.1, 0.15) is 41.1 Å². The van der Waals surface area contributed by atoms with Gasteiger partial charge in [-0.25, -0.2) is 4.79 Å². The normalized spacial score (nSPS) is 20.0. The molecule has 0 spiro atoms. The Kier molecular flexibility index (Phi) is 6.14. The number of carbonyl (C=O) groups is 2. The molecular weight excluding hydrogens is 380 g/mol. The van der Waals surface area contributed by atoms with Gasteiger partial charge in [0, 0.05) is 37.5 Å². The van der Waals surface area contributed by atoms with Gasteiger partial charge in [-0.2, -0.15) is 0 Å². The zero-order chi connectivity index (χ0) is 20.9. The average Bonchev–Trinajstić information content (AvgIpc) is 2.78. The molecule has 0 atom stereocenters. The number of allylic oxidation sites excluding steroid dienone is 4. The lowest BCUT2D eigenvalue weighted by Gasteiger charge is -2.34. The molecule has 2 aliphatic heterocycles. The minimum Gasteiger partial charge on any atom is -0.478 e. The molecular formula is C24H26N2O4. The summed E-state index contributed by atoms with van der Waals surface area (Å²) in [5, 5.41) is 9.44. The zero-order valence-corrected chi connectivity index (χ0v) is 16.9. The van der Waals surface area contributed by atoms with Crippen LogP contribution < -0.4 is 0 Å². The molecule has 0 radical (unpaired) electrons. The van der Waals surface area contributed by atoms with Crippen LogP contribution in [0.15, 0.2) is 72.5 Å². The Hall–Kier alpha value is -3.12. The summed E-state index contributed by atoms with van der Waals surface area (Å²) in [5.74, 6) is 0.261. The molecule has 1 N–H and O–H groups in total. The van der Waals surface area contributed by atoms with Crippen molar-refractivity contribution in [2.75, 3.05) is 26.2 Å². The summed E-state index contributed by atoms with van der Waals surface area (Å²) in [6, 6.07) is 7.36. The van der Waals surface area contributed by atoms with Gasteiger partial charge in [0.15, 0.2) is 5.78 Å². The second-order valence-electron chi connectivity index (χ2n) is 7.84. The second kappa shape index (κ2) is 9.13. The number of likely N-dealkylation sites (tertiary alicyclic amines) is 1. The van der Waals surface area contributed by atoms with E-state index in [0.29, 0.717) is 17.9 Å². The number of benzene rings is 1. The van der Waals surface area contributed by atoms with Crippen LogP contribution in [-0.2, 0) is 9.53 Å². The summed E-state index contributed by atoms with van der Waals surface area (Å²) >= 11 is 0. The van der Waals surface area contributed by atoms with Crippen LogP contribution in [-0.4, -0.2) is 52.8 Å². The van der Waals surface area contributed by atoms with Gasteiger partial charge in [0.05, 0.1) is 5.56 Å². The fourth-order valence-electron chi connectivity index (χ4n) is 4.22. The maximum absolute atomic E-state index is 11.6. The monoisotopic (exact) mass is 406 g/mol. The summed E-state index contributed by atoms with van der Waals surface area (Å²) in [7, 11) is 0. The number of ketones is 1. The van der Waals surface area contributed by atoms with Crippen LogP contribution in [0.5, 0.6) is 0 Å². The quantitative estimate of drug-likeness (QED) is 0.777. The highest BCUT2D eigenvalue weighted by Gasteiger charge is 2.24. The minimum atomic E-state index is -0.847. The van der Waals surface area contributed by atoms with E-state index >= 15 is 0 Å². The second-order valence-corrected chi connectivity index (χ2v) is 7.84. The number of rotatable bonds is 6. The van der Waals surface area contributed by atoms with Gasteiger partial charge in [-0.05, 0) is 49.6 Å². The number of hydrogen-bond donors (Lipinski definition) is 1. The SMILES string of the molecule is O=C1C=CC=C(C2=CN(CCN3CCC(c4ccccc4C(=O)O)CC3)C=CO2)C1. The molecule has 2 heterocycles. The highest BCUT2D eigenvalue weighted by Crippen LogP contribution is 2.30. The number of aromatic carboxylic acids is 1. The van der Waals surface area contributed by atoms with Gasteiger partial charge in [0.25, 0.3) is 0 Å². The number of ether oxygens (including phenoxy) is 1. The van der Waals surface area contributed by atoms with Crippen molar-refractivity contribution in [2.45, 2.75) is 25.2 Å². The van der Waals surface area contributed by atoms with Crippen LogP contribution >= 0.6 is 0 Å². The van der Waals surface area contributed by atoms with Crippen molar-refractivity contribution in [2.24, 2.45) is 0 Å². The minimum absolute atomic E-state index is 0.0884. The predicted molar refractivity (Wildman–Crippen MR) is 114 cm³/mol. The smallest absolute Gasteiger partial charge is 0.335 e. The highest BCUT2D eigenvalue weighted by atomic mass is 16.5. The largest absolute Gasteiger partial charge is 0.478 e. The Morgan fingerprint density at radius 3 is 2.73 bits per heavy atom. The van der Waals surface area contributed by atoms with Crippen LogP contribution in [0, 0.1) is 0 Å². The third-order valence-electron chi connectivity index (χ3n) is 5.88. The van der Waals surface area contributed by atoms with Crippen molar-refractivity contribution in [3.63, 3.8) is 0 Å². The summed E-state index contributed by atoms with van der Waals surface area (Å²) < 4.78 is 5.60. The first kappa shape index (κ1) is 20.2. The molecule has 0 unspecified atom stereocenters. The van der Waals surface area contributed by atoms with E-state index < -0.39 is 5.97 Å². The molecule has 1 aromatic rings. The summed E-state index contributed by atoms with van der Waals surface area (Å²) in [5.41, 5.74) is 2.28. The van der Waals surface area contributed by atoms with Gasteiger partial charge in [0.1, 0.15) is 12.0 Å². The van der Waals surface area contributed by atoms with Gasteiger partial charge in [-0.15, -0.1) is 0 Å². The standard InChI is InChI=1S/C24H26N2O4/c27-20-5-3-4-19(16-20)23-17-26(14-15-30-23)13-12-25-10-8-18(9-11-25)21-6-1-2-7-22(21)24(28)29/h1-7,14-15,17-18H,8-13,16H2,(H,28,29). The van der Waals surface area contributed by atoms with Crippen LogP contribution in [0.25, 0.3) is 0 Å². The van der Waals surface area contributed by atoms with Crippen LogP contribution in [0.2, 0.25) is 0 Å². The number of piperidine rings is 1. The van der Waals surface area contributed by atoms with Gasteiger partial charge < -0.3 is 19.6 Å². The van der Waals surface area contributed by atoms with Crippen LogP contribution in [0.4, 0.5) is 0 Å². The molecule has 6 heteroatoms. The molecule has 1 fully saturated rings. The van der Waals surface area contributed by atoms with Crippen molar-refractivity contribution in [3.8, 4) is 0 Å². The molecule has 0 saturated carbocycles. The van der Waals surface area contributed by atoms with E-state index in [-0.39, 0.29) is 5.78 Å². The fourth-order valence-corrected chi connectivity index (χ4v) is 4.22. The first-order valence-electron chi connectivity index (χ1n) is 10.4. The molecule has 0 aromatic heterocycles. The Bertz CT molecular complexity index is 936. The number of carbonyl (C=O) groups excluding carboxylic acids is 1. The maximum atomic E-state index is 11.6. The predicted octanol–water partition coefficient (Wildman–Crippen LogP) is 3.66. The summed E-state index contributed by atoms with van der Waals surface area (Å²) in [6.45, 7) is 3.65. The number of nitrogens with zero attached hydrogens (tertiary/aromatic N) is 2. The van der Waals surface area contributed by atoms with Crippen molar-refractivity contribution >= 4 is 11.8 Å². The number of carboxylic acid groups (broad SMARTS) is 1. The van der Waals surface area contributed by atoms with E-state index in [0.717, 1.165) is 55.9 Å². The first-order valence-corrected chi connectivity index (χ1v) is 10.4. The Morgan fingerprint density at radius 2 is 1.97 bits per heavy atom. The van der Waals surface area contributed by atoms with E-state index in [1.807, 2.05) is 30.6 Å². The zero-order valence-electron chi connectivity index (χ0n) is 16.9. The maximum Gasteiger partial charge on any atom is 0.335 e. The molecule has 4 rings (SSSR count). The highest BCUT2D eigenvalue weighted by molar-refractivity contribution is 5.93. The van der Waals surface area contributed by atoms with Gasteiger partial charge in [-0.3, -0.25) is 4.79 Å². The van der Waals surface area contributed by atoms with Crippen molar-refractivity contribution < 1.29 is 19.4 Å². The van der Waals surface area contributed by atoms with Crippen LogP contribution in [0.3, 0.4) is 0 Å². The number of carboxylic acids is 1. The van der Waals surface area contributed by atoms with E-state index in [1.165, 1.54) is 0 Å². The Balaban J connectivity index is 1.30. The molecule has 1 aliphatic carbocycles. The van der Waals surface area contributed by atoms with Gasteiger partial charge >= 0.3 is 5.97 Å². The lowest BCUT2D eigenvalue weighted by Crippen LogP contribution is -2.37. The average molecular weight is 406 g/mol. The fraction of sp³-hybridized carbons (Fsp3) is 0.333. The Labute approximate surface area is 176 Å². The third kappa shape index (κ3) is 4.71. The molecule has 0 amide bonds. The van der Waals surface area contributed by atoms with E-state index in [4.69, 9.17) is 4.74 Å². The topological polar surface area (TPSA) is 70.1 Å². The van der Waals surface area contributed by atoms with E-state index in [2.05, 4.69) is 9.80 Å². The molecule has 1 saturated heterocycles. The molecule has 0 bridgehead atoms. The van der Waals surface area contributed by atoms with Gasteiger partial charge in [-0.1, -0.05) is 30.4 Å². The number of hydrogen-bond acceptors (Lipinski definition) is 5. The molecule has 6 nitrogen and oxygen atoms in total. The summed E-state index contributed by atoms with van der Waals surface area (Å²) in [4.78, 5) is 27.6. The van der Waals surface area contributed by atoms with Crippen molar-refractivity contribution in [3.05, 3.63) is 83.6 Å². The van der Waals surface area contributed by atoms with E-state index in [1.54, 1.807) is 30.5 Å². The van der Waals surface area contributed by atoms with E-state index in [9.17, 15) is 14.7 Å². The molecule has 156 valence electrons. The lowest BCUT2D eigenvalue weighted by atomic mass is 9.86.